The van der Waals surface area contributed by atoms with Gasteiger partial charge in [0.2, 0.25) is 10.0 Å². The summed E-state index contributed by atoms with van der Waals surface area (Å²) in [5.41, 5.74) is 1.33. The van der Waals surface area contributed by atoms with Crippen LogP contribution in [0, 0.1) is 6.92 Å². The summed E-state index contributed by atoms with van der Waals surface area (Å²) in [5, 5.41) is 9.23. The van der Waals surface area contributed by atoms with Gasteiger partial charge in [0.1, 0.15) is 0 Å². The van der Waals surface area contributed by atoms with Crippen molar-refractivity contribution in [2.45, 2.75) is 37.3 Å². The van der Waals surface area contributed by atoms with E-state index in [1.165, 1.54) is 4.31 Å². The lowest BCUT2D eigenvalue weighted by molar-refractivity contribution is 0.187. The largest absolute Gasteiger partial charge is 0.392 e. The van der Waals surface area contributed by atoms with E-state index >= 15 is 0 Å². The smallest absolute Gasteiger partial charge is 0.243 e. The molecule has 1 aliphatic rings. The molecule has 1 aromatic rings. The average Bonchev–Trinajstić information content (AvgIpc) is 2.46. The van der Waals surface area contributed by atoms with Crippen molar-refractivity contribution in [3.05, 3.63) is 29.3 Å². The minimum Gasteiger partial charge on any atom is -0.392 e. The quantitative estimate of drug-likeness (QED) is 0.907. The Kier molecular flexibility index (Phi) is 5.03. The van der Waals surface area contributed by atoms with E-state index in [1.807, 2.05) is 7.05 Å². The van der Waals surface area contributed by atoms with E-state index < -0.39 is 10.0 Å². The molecule has 2 rings (SSSR count). The first kappa shape index (κ1) is 16.4. The van der Waals surface area contributed by atoms with Crippen LogP contribution in [-0.4, -0.2) is 56.0 Å². The summed E-state index contributed by atoms with van der Waals surface area (Å²) >= 11 is 0. The SMILES string of the molecule is Cc1ccc(CO)cc1S(=O)(=O)N(C)C1CCCN(C)C1. The molecule has 1 aliphatic heterocycles. The Labute approximate surface area is 127 Å². The van der Waals surface area contributed by atoms with Crippen molar-refractivity contribution in [1.29, 1.82) is 0 Å². The molecule has 1 atom stereocenters. The Hall–Kier alpha value is -0.950. The molecule has 0 saturated carbocycles. The second-order valence-electron chi connectivity index (χ2n) is 5.84. The molecule has 1 N–H and O–H groups in total. The number of hydrogen-bond donors (Lipinski definition) is 1. The summed E-state index contributed by atoms with van der Waals surface area (Å²) in [6, 6.07) is 5.08. The molecule has 1 fully saturated rings. The first-order chi connectivity index (χ1) is 9.86. The molecule has 1 unspecified atom stereocenters. The first-order valence-electron chi connectivity index (χ1n) is 7.23. The number of aliphatic hydroxyl groups is 1. The summed E-state index contributed by atoms with van der Waals surface area (Å²) in [6.07, 6.45) is 1.90. The van der Waals surface area contributed by atoms with Gasteiger partial charge in [0.25, 0.3) is 0 Å². The zero-order valence-electron chi connectivity index (χ0n) is 12.9. The molecule has 6 heteroatoms. The molecule has 0 spiro atoms. The van der Waals surface area contributed by atoms with Crippen molar-refractivity contribution >= 4 is 10.0 Å². The monoisotopic (exact) mass is 312 g/mol. The van der Waals surface area contributed by atoms with Gasteiger partial charge in [-0.1, -0.05) is 12.1 Å². The fourth-order valence-electron chi connectivity index (χ4n) is 2.81. The summed E-state index contributed by atoms with van der Waals surface area (Å²) in [7, 11) is 0.145. The van der Waals surface area contributed by atoms with E-state index in [0.717, 1.165) is 25.9 Å². The number of aliphatic hydroxyl groups excluding tert-OH is 1. The number of aryl methyl sites for hydroxylation is 1. The van der Waals surface area contributed by atoms with E-state index in [4.69, 9.17) is 0 Å². The van der Waals surface area contributed by atoms with Crippen LogP contribution in [-0.2, 0) is 16.6 Å². The Morgan fingerprint density at radius 2 is 2.14 bits per heavy atom. The summed E-state index contributed by atoms with van der Waals surface area (Å²) in [4.78, 5) is 2.46. The van der Waals surface area contributed by atoms with Crippen LogP contribution >= 0.6 is 0 Å². The van der Waals surface area contributed by atoms with E-state index in [2.05, 4.69) is 4.90 Å². The maximum Gasteiger partial charge on any atom is 0.243 e. The summed E-state index contributed by atoms with van der Waals surface area (Å²) < 4.78 is 27.2. The number of rotatable bonds is 4. The van der Waals surface area contributed by atoms with Crippen LogP contribution in [0.1, 0.15) is 24.0 Å². The number of nitrogens with zero attached hydrogens (tertiary/aromatic N) is 2. The van der Waals surface area contributed by atoms with Gasteiger partial charge in [0, 0.05) is 19.6 Å². The molecule has 0 amide bonds. The topological polar surface area (TPSA) is 60.9 Å². The van der Waals surface area contributed by atoms with Crippen LogP contribution < -0.4 is 0 Å². The molecule has 0 aromatic heterocycles. The second kappa shape index (κ2) is 6.44. The fraction of sp³-hybridized carbons (Fsp3) is 0.600. The highest BCUT2D eigenvalue weighted by Crippen LogP contribution is 2.25. The third kappa shape index (κ3) is 3.45. The molecule has 5 nitrogen and oxygen atoms in total. The highest BCUT2D eigenvalue weighted by Gasteiger charge is 2.31. The fourth-order valence-corrected chi connectivity index (χ4v) is 4.46. The van der Waals surface area contributed by atoms with Gasteiger partial charge in [0.15, 0.2) is 0 Å². The standard InChI is InChI=1S/C15H24N2O3S/c1-12-6-7-13(11-18)9-15(12)21(19,20)17(3)14-5-4-8-16(2)10-14/h6-7,9,14,18H,4-5,8,10-11H2,1-3H3. The third-order valence-corrected chi connectivity index (χ3v) is 6.26. The maximum absolute atomic E-state index is 12.9. The second-order valence-corrected chi connectivity index (χ2v) is 7.80. The van der Waals surface area contributed by atoms with Crippen LogP contribution in [0.5, 0.6) is 0 Å². The molecule has 118 valence electrons. The predicted octanol–water partition coefficient (Wildman–Crippen LogP) is 1.20. The van der Waals surface area contributed by atoms with Crippen molar-refractivity contribution in [1.82, 2.24) is 9.21 Å². The van der Waals surface area contributed by atoms with E-state index in [-0.39, 0.29) is 12.6 Å². The number of likely N-dealkylation sites (tertiary alicyclic amines) is 1. The van der Waals surface area contributed by atoms with Crippen LogP contribution in [0.2, 0.25) is 0 Å². The van der Waals surface area contributed by atoms with E-state index in [1.54, 1.807) is 32.2 Å². The normalized spacial score (nSPS) is 20.9. The predicted molar refractivity (Wildman–Crippen MR) is 82.6 cm³/mol. The Bertz CT molecular complexity index is 601. The maximum atomic E-state index is 12.9. The van der Waals surface area contributed by atoms with E-state index in [9.17, 15) is 13.5 Å². The molecule has 21 heavy (non-hydrogen) atoms. The van der Waals surface area contributed by atoms with Gasteiger partial charge in [-0.05, 0) is 50.6 Å². The van der Waals surface area contributed by atoms with Crippen molar-refractivity contribution in [2.75, 3.05) is 27.2 Å². The molecular formula is C15H24N2O3S. The molecule has 1 heterocycles. The van der Waals surface area contributed by atoms with Crippen LogP contribution in [0.15, 0.2) is 23.1 Å². The molecule has 0 radical (unpaired) electrons. The molecular weight excluding hydrogens is 288 g/mol. The van der Waals surface area contributed by atoms with Gasteiger partial charge in [-0.3, -0.25) is 0 Å². The number of benzene rings is 1. The van der Waals surface area contributed by atoms with Crippen molar-refractivity contribution < 1.29 is 13.5 Å². The number of sulfonamides is 1. The van der Waals surface area contributed by atoms with Crippen LogP contribution in [0.4, 0.5) is 0 Å². The lowest BCUT2D eigenvalue weighted by atomic mass is 10.1. The lowest BCUT2D eigenvalue weighted by Gasteiger charge is -2.35. The third-order valence-electron chi connectivity index (χ3n) is 4.21. The Balaban J connectivity index is 2.32. The molecule has 0 bridgehead atoms. The van der Waals surface area contributed by atoms with Gasteiger partial charge in [-0.2, -0.15) is 4.31 Å². The minimum absolute atomic E-state index is 0.00549. The lowest BCUT2D eigenvalue weighted by Crippen LogP contribution is -2.47. The number of hydrogen-bond acceptors (Lipinski definition) is 4. The summed E-state index contributed by atoms with van der Waals surface area (Å²) in [5.74, 6) is 0. The van der Waals surface area contributed by atoms with Gasteiger partial charge in [0.05, 0.1) is 11.5 Å². The van der Waals surface area contributed by atoms with Crippen LogP contribution in [0.25, 0.3) is 0 Å². The van der Waals surface area contributed by atoms with Gasteiger partial charge in [-0.25, -0.2) is 8.42 Å². The Morgan fingerprint density at radius 1 is 1.43 bits per heavy atom. The Morgan fingerprint density at radius 3 is 2.76 bits per heavy atom. The van der Waals surface area contributed by atoms with Crippen molar-refractivity contribution in [3.63, 3.8) is 0 Å². The summed E-state index contributed by atoms with van der Waals surface area (Å²) in [6.45, 7) is 3.41. The first-order valence-corrected chi connectivity index (χ1v) is 8.67. The number of likely N-dealkylation sites (N-methyl/N-ethyl adjacent to an activating group) is 2. The molecule has 1 saturated heterocycles. The molecule has 1 aromatic carbocycles. The van der Waals surface area contributed by atoms with Gasteiger partial charge >= 0.3 is 0 Å². The van der Waals surface area contributed by atoms with Crippen molar-refractivity contribution in [2.24, 2.45) is 0 Å². The average molecular weight is 312 g/mol. The zero-order valence-corrected chi connectivity index (χ0v) is 13.7. The highest BCUT2D eigenvalue weighted by molar-refractivity contribution is 7.89. The highest BCUT2D eigenvalue weighted by atomic mass is 32.2. The van der Waals surface area contributed by atoms with Crippen LogP contribution in [0.3, 0.4) is 0 Å². The number of piperidine rings is 1. The van der Waals surface area contributed by atoms with Gasteiger partial charge < -0.3 is 10.0 Å². The van der Waals surface area contributed by atoms with E-state index in [0.29, 0.717) is 16.0 Å². The minimum atomic E-state index is -3.53. The molecule has 0 aliphatic carbocycles. The van der Waals surface area contributed by atoms with Crippen molar-refractivity contribution in [3.8, 4) is 0 Å². The van der Waals surface area contributed by atoms with Gasteiger partial charge in [-0.15, -0.1) is 0 Å². The zero-order chi connectivity index (χ0) is 15.6.